The molecule has 0 N–H and O–H groups in total. The number of hydrogen-bond donors (Lipinski definition) is 0. The van der Waals surface area contributed by atoms with Crippen LogP contribution in [0.1, 0.15) is 65.2 Å². The van der Waals surface area contributed by atoms with Gasteiger partial charge in [0, 0.05) is 14.2 Å². The smallest absolute Gasteiger partial charge is 0.0604 e. The highest BCUT2D eigenvalue weighted by Gasteiger charge is 2.41. The van der Waals surface area contributed by atoms with E-state index in [1.54, 1.807) is 0 Å². The number of ether oxygens (including phenoxy) is 2. The van der Waals surface area contributed by atoms with E-state index in [0.717, 1.165) is 23.7 Å². The first kappa shape index (κ1) is 16.3. The Labute approximate surface area is 125 Å². The Balaban J connectivity index is 2.10. The van der Waals surface area contributed by atoms with Gasteiger partial charge in [0.2, 0.25) is 0 Å². The first-order chi connectivity index (χ1) is 9.73. The third-order valence-electron chi connectivity index (χ3n) is 6.23. The summed E-state index contributed by atoms with van der Waals surface area (Å²) in [5.41, 5.74) is 0. The van der Waals surface area contributed by atoms with Crippen LogP contribution in [0.25, 0.3) is 0 Å². The quantitative estimate of drug-likeness (QED) is 0.729. The molecule has 0 aromatic heterocycles. The monoisotopic (exact) mass is 282 g/mol. The van der Waals surface area contributed by atoms with Crippen LogP contribution >= 0.6 is 0 Å². The molecule has 0 spiro atoms. The molecule has 0 aromatic rings. The Morgan fingerprint density at radius 3 is 2.20 bits per heavy atom. The van der Waals surface area contributed by atoms with E-state index in [1.165, 1.54) is 51.4 Å². The van der Waals surface area contributed by atoms with Crippen molar-refractivity contribution in [2.45, 2.75) is 77.4 Å². The standard InChI is InChI=1S/C18H34O2/c1-5-13-7-8-14(6-2)16(11-13)17-12-15(19-3)9-10-18(17)20-4/h13-18H,5-12H2,1-4H3. The second-order valence-electron chi connectivity index (χ2n) is 7.03. The van der Waals surface area contributed by atoms with Crippen molar-refractivity contribution in [3.63, 3.8) is 0 Å². The summed E-state index contributed by atoms with van der Waals surface area (Å²) >= 11 is 0. The fourth-order valence-electron chi connectivity index (χ4n) is 4.86. The molecule has 0 amide bonds. The molecule has 2 aliphatic carbocycles. The molecular weight excluding hydrogens is 248 g/mol. The molecule has 0 heterocycles. The lowest BCUT2D eigenvalue weighted by molar-refractivity contribution is -0.0730. The van der Waals surface area contributed by atoms with Gasteiger partial charge in [0.05, 0.1) is 12.2 Å². The predicted molar refractivity (Wildman–Crippen MR) is 83.8 cm³/mol. The Morgan fingerprint density at radius 1 is 0.800 bits per heavy atom. The zero-order valence-electron chi connectivity index (χ0n) is 13.9. The minimum absolute atomic E-state index is 0.464. The van der Waals surface area contributed by atoms with Crippen molar-refractivity contribution in [1.82, 2.24) is 0 Å². The van der Waals surface area contributed by atoms with Crippen LogP contribution < -0.4 is 0 Å². The molecule has 2 aliphatic rings. The lowest BCUT2D eigenvalue weighted by atomic mass is 9.63. The molecule has 20 heavy (non-hydrogen) atoms. The molecule has 0 aromatic carbocycles. The number of methoxy groups -OCH3 is 2. The molecule has 6 unspecified atom stereocenters. The van der Waals surface area contributed by atoms with E-state index in [1.807, 2.05) is 14.2 Å². The van der Waals surface area contributed by atoms with E-state index < -0.39 is 0 Å². The molecule has 0 saturated heterocycles. The first-order valence-corrected chi connectivity index (χ1v) is 8.78. The summed E-state index contributed by atoms with van der Waals surface area (Å²) < 4.78 is 11.5. The Kier molecular flexibility index (Phi) is 6.35. The maximum absolute atomic E-state index is 5.86. The lowest BCUT2D eigenvalue weighted by Crippen LogP contribution is -2.42. The summed E-state index contributed by atoms with van der Waals surface area (Å²) in [5.74, 6) is 3.44. The van der Waals surface area contributed by atoms with Crippen molar-refractivity contribution >= 4 is 0 Å². The maximum atomic E-state index is 5.86. The Bertz CT molecular complexity index is 251. The summed E-state index contributed by atoms with van der Waals surface area (Å²) in [7, 11) is 3.79. The molecule has 118 valence electrons. The van der Waals surface area contributed by atoms with Crippen LogP contribution in [0.4, 0.5) is 0 Å². The van der Waals surface area contributed by atoms with Crippen molar-refractivity contribution in [3.8, 4) is 0 Å². The normalized spacial score (nSPS) is 42.6. The van der Waals surface area contributed by atoms with Gasteiger partial charge in [-0.2, -0.15) is 0 Å². The molecular formula is C18H34O2. The molecule has 2 heteroatoms. The highest BCUT2D eigenvalue weighted by molar-refractivity contribution is 4.91. The highest BCUT2D eigenvalue weighted by atomic mass is 16.5. The van der Waals surface area contributed by atoms with Gasteiger partial charge in [0.1, 0.15) is 0 Å². The first-order valence-electron chi connectivity index (χ1n) is 8.78. The van der Waals surface area contributed by atoms with E-state index in [0.29, 0.717) is 12.2 Å². The summed E-state index contributed by atoms with van der Waals surface area (Å²) in [5, 5.41) is 0. The summed E-state index contributed by atoms with van der Waals surface area (Å²) in [6, 6.07) is 0. The lowest BCUT2D eigenvalue weighted by Gasteiger charge is -2.46. The zero-order chi connectivity index (χ0) is 14.5. The van der Waals surface area contributed by atoms with Crippen LogP contribution in [-0.4, -0.2) is 26.4 Å². The van der Waals surface area contributed by atoms with Gasteiger partial charge in [-0.1, -0.05) is 33.1 Å². The van der Waals surface area contributed by atoms with Gasteiger partial charge < -0.3 is 9.47 Å². The average molecular weight is 282 g/mol. The van der Waals surface area contributed by atoms with Crippen LogP contribution in [0.3, 0.4) is 0 Å². The third kappa shape index (κ3) is 3.57. The fraction of sp³-hybridized carbons (Fsp3) is 1.00. The van der Waals surface area contributed by atoms with Gasteiger partial charge in [-0.25, -0.2) is 0 Å². The second kappa shape index (κ2) is 7.79. The Morgan fingerprint density at radius 2 is 1.60 bits per heavy atom. The minimum Gasteiger partial charge on any atom is -0.381 e. The molecule has 0 bridgehead atoms. The molecule has 0 radical (unpaired) electrons. The van der Waals surface area contributed by atoms with Crippen LogP contribution in [0.2, 0.25) is 0 Å². The van der Waals surface area contributed by atoms with Gasteiger partial charge >= 0.3 is 0 Å². The number of hydrogen-bond acceptors (Lipinski definition) is 2. The predicted octanol–water partition coefficient (Wildman–Crippen LogP) is 4.67. The van der Waals surface area contributed by atoms with E-state index in [-0.39, 0.29) is 0 Å². The number of rotatable bonds is 5. The van der Waals surface area contributed by atoms with Crippen molar-refractivity contribution in [2.24, 2.45) is 23.7 Å². The minimum atomic E-state index is 0.464. The van der Waals surface area contributed by atoms with Crippen LogP contribution in [0.15, 0.2) is 0 Å². The van der Waals surface area contributed by atoms with Gasteiger partial charge in [0.15, 0.2) is 0 Å². The van der Waals surface area contributed by atoms with Crippen LogP contribution in [0, 0.1) is 23.7 Å². The molecule has 0 aliphatic heterocycles. The SMILES string of the molecule is CCC1CCC(CC)C(C2CC(OC)CCC2OC)C1. The Hall–Kier alpha value is -0.0800. The van der Waals surface area contributed by atoms with Crippen molar-refractivity contribution in [3.05, 3.63) is 0 Å². The summed E-state index contributed by atoms with van der Waals surface area (Å²) in [4.78, 5) is 0. The zero-order valence-corrected chi connectivity index (χ0v) is 13.9. The molecule has 2 saturated carbocycles. The van der Waals surface area contributed by atoms with E-state index in [9.17, 15) is 0 Å². The van der Waals surface area contributed by atoms with Gasteiger partial charge in [0.25, 0.3) is 0 Å². The van der Waals surface area contributed by atoms with Gasteiger partial charge in [-0.3, -0.25) is 0 Å². The van der Waals surface area contributed by atoms with Gasteiger partial charge in [-0.05, 0) is 55.8 Å². The second-order valence-corrected chi connectivity index (χ2v) is 7.03. The van der Waals surface area contributed by atoms with Crippen LogP contribution in [-0.2, 0) is 9.47 Å². The molecule has 2 nitrogen and oxygen atoms in total. The van der Waals surface area contributed by atoms with Crippen LogP contribution in [0.5, 0.6) is 0 Å². The maximum Gasteiger partial charge on any atom is 0.0604 e. The van der Waals surface area contributed by atoms with Gasteiger partial charge in [-0.15, -0.1) is 0 Å². The van der Waals surface area contributed by atoms with Crippen molar-refractivity contribution in [1.29, 1.82) is 0 Å². The van der Waals surface area contributed by atoms with Crippen molar-refractivity contribution < 1.29 is 9.47 Å². The van der Waals surface area contributed by atoms with E-state index in [2.05, 4.69) is 13.8 Å². The van der Waals surface area contributed by atoms with E-state index in [4.69, 9.17) is 9.47 Å². The third-order valence-corrected chi connectivity index (χ3v) is 6.23. The fourth-order valence-corrected chi connectivity index (χ4v) is 4.86. The molecule has 6 atom stereocenters. The van der Waals surface area contributed by atoms with E-state index >= 15 is 0 Å². The largest absolute Gasteiger partial charge is 0.381 e. The summed E-state index contributed by atoms with van der Waals surface area (Å²) in [6.07, 6.45) is 11.5. The molecule has 2 fully saturated rings. The summed E-state index contributed by atoms with van der Waals surface area (Å²) in [6.45, 7) is 4.74. The van der Waals surface area contributed by atoms with Crippen molar-refractivity contribution in [2.75, 3.05) is 14.2 Å². The topological polar surface area (TPSA) is 18.5 Å². The average Bonchev–Trinajstić information content (AvgIpc) is 2.53. The highest BCUT2D eigenvalue weighted by Crippen LogP contribution is 2.46. The molecule has 2 rings (SSSR count).